The van der Waals surface area contributed by atoms with Gasteiger partial charge in [-0.15, -0.1) is 0 Å². The quantitative estimate of drug-likeness (QED) is 0.714. The summed E-state index contributed by atoms with van der Waals surface area (Å²) in [5, 5.41) is 0. The molecule has 4 rings (SSSR count). The highest BCUT2D eigenvalue weighted by Gasteiger charge is 2.53. The van der Waals surface area contributed by atoms with Gasteiger partial charge in [0.1, 0.15) is 5.75 Å². The first-order valence-electron chi connectivity index (χ1n) is 9.66. The van der Waals surface area contributed by atoms with Gasteiger partial charge >= 0.3 is 0 Å². The van der Waals surface area contributed by atoms with E-state index in [1.54, 1.807) is 0 Å². The van der Waals surface area contributed by atoms with Crippen molar-refractivity contribution in [2.45, 2.75) is 25.2 Å². The van der Waals surface area contributed by atoms with E-state index in [1.807, 2.05) is 37.3 Å². The summed E-state index contributed by atoms with van der Waals surface area (Å²) in [4.78, 5) is 17.6. The second-order valence-electron chi connectivity index (χ2n) is 7.27. The van der Waals surface area contributed by atoms with Crippen molar-refractivity contribution >= 4 is 27.5 Å². The van der Waals surface area contributed by atoms with Crippen molar-refractivity contribution < 1.29 is 9.53 Å². The highest BCUT2D eigenvalue weighted by Crippen LogP contribution is 2.50. The number of nitrogens with zero attached hydrogens (tertiary/aromatic N) is 2. The van der Waals surface area contributed by atoms with Crippen LogP contribution in [0, 0.1) is 0 Å². The molecule has 2 aliphatic rings. The third-order valence-corrected chi connectivity index (χ3v) is 6.16. The minimum Gasteiger partial charge on any atom is -0.492 e. The van der Waals surface area contributed by atoms with E-state index in [4.69, 9.17) is 4.74 Å². The van der Waals surface area contributed by atoms with Crippen LogP contribution >= 0.6 is 15.9 Å². The number of carbonyl (C=O) groups excluding carboxylic acids is 1. The molecule has 0 spiro atoms. The maximum absolute atomic E-state index is 13.3. The molecule has 2 aromatic rings. The summed E-state index contributed by atoms with van der Waals surface area (Å²) in [6.07, 6.45) is 1.92. The number of para-hydroxylation sites is 2. The number of benzene rings is 2. The second-order valence-corrected chi connectivity index (χ2v) is 8.18. The van der Waals surface area contributed by atoms with E-state index in [0.717, 1.165) is 60.5 Å². The first-order chi connectivity index (χ1) is 13.1. The summed E-state index contributed by atoms with van der Waals surface area (Å²) >= 11 is 3.48. The molecule has 1 aliphatic carbocycles. The van der Waals surface area contributed by atoms with E-state index < -0.39 is 0 Å². The Bertz CT molecular complexity index is 809. The number of piperazine rings is 1. The number of anilines is 1. The summed E-state index contributed by atoms with van der Waals surface area (Å²) in [5.74, 6) is 1.22. The first kappa shape index (κ1) is 18.4. The molecule has 0 unspecified atom stereocenters. The summed E-state index contributed by atoms with van der Waals surface area (Å²) in [5.41, 5.74) is 1.99. The maximum Gasteiger partial charge on any atom is 0.233 e. The minimum atomic E-state index is -0.286. The normalized spacial score (nSPS) is 18.3. The largest absolute Gasteiger partial charge is 0.492 e. The Labute approximate surface area is 169 Å². The molecule has 0 atom stereocenters. The van der Waals surface area contributed by atoms with Gasteiger partial charge < -0.3 is 14.5 Å². The highest BCUT2D eigenvalue weighted by atomic mass is 79.9. The van der Waals surface area contributed by atoms with Gasteiger partial charge in [0.15, 0.2) is 0 Å². The molecule has 142 valence electrons. The molecule has 1 aliphatic heterocycles. The molecule has 5 heteroatoms. The van der Waals surface area contributed by atoms with Crippen LogP contribution in [0.5, 0.6) is 5.75 Å². The number of halogens is 1. The van der Waals surface area contributed by atoms with E-state index in [0.29, 0.717) is 12.5 Å². The predicted octanol–water partition coefficient (Wildman–Crippen LogP) is 4.23. The molecule has 2 fully saturated rings. The summed E-state index contributed by atoms with van der Waals surface area (Å²) in [7, 11) is 0. The SMILES string of the molecule is CCOc1ccccc1N1CCN(C(=O)C2(c3ccc(Br)cc3)CC2)CC1. The van der Waals surface area contributed by atoms with Gasteiger partial charge in [-0.2, -0.15) is 0 Å². The van der Waals surface area contributed by atoms with E-state index in [2.05, 4.69) is 43.9 Å². The number of rotatable bonds is 5. The molecule has 4 nitrogen and oxygen atoms in total. The highest BCUT2D eigenvalue weighted by molar-refractivity contribution is 9.10. The van der Waals surface area contributed by atoms with E-state index in [9.17, 15) is 4.79 Å². The van der Waals surface area contributed by atoms with Crippen molar-refractivity contribution in [2.75, 3.05) is 37.7 Å². The van der Waals surface area contributed by atoms with Crippen molar-refractivity contribution in [3.63, 3.8) is 0 Å². The molecule has 1 saturated heterocycles. The number of amides is 1. The molecule has 2 aromatic carbocycles. The van der Waals surface area contributed by atoms with Crippen molar-refractivity contribution in [3.05, 3.63) is 58.6 Å². The summed E-state index contributed by atoms with van der Waals surface area (Å²) in [6, 6.07) is 16.4. The molecule has 1 saturated carbocycles. The number of hydrogen-bond donors (Lipinski definition) is 0. The Morgan fingerprint density at radius 3 is 2.33 bits per heavy atom. The van der Waals surface area contributed by atoms with Crippen LogP contribution in [0.2, 0.25) is 0 Å². The van der Waals surface area contributed by atoms with Gasteiger partial charge in [0, 0.05) is 30.7 Å². The summed E-state index contributed by atoms with van der Waals surface area (Å²) in [6.45, 7) is 5.86. The van der Waals surface area contributed by atoms with Crippen LogP contribution in [0.25, 0.3) is 0 Å². The number of ether oxygens (including phenoxy) is 1. The fourth-order valence-electron chi connectivity index (χ4n) is 3.97. The average molecular weight is 429 g/mol. The van der Waals surface area contributed by atoms with Crippen molar-refractivity contribution in [1.29, 1.82) is 0 Å². The minimum absolute atomic E-state index is 0.286. The van der Waals surface area contributed by atoms with Gasteiger partial charge in [-0.3, -0.25) is 4.79 Å². The maximum atomic E-state index is 13.3. The Morgan fingerprint density at radius 1 is 1.04 bits per heavy atom. The summed E-state index contributed by atoms with van der Waals surface area (Å²) < 4.78 is 6.82. The topological polar surface area (TPSA) is 32.8 Å². The average Bonchev–Trinajstić information content (AvgIpc) is 3.51. The Balaban J connectivity index is 1.44. The van der Waals surface area contributed by atoms with Crippen LogP contribution in [0.15, 0.2) is 53.0 Å². The molecular weight excluding hydrogens is 404 g/mol. The van der Waals surface area contributed by atoms with Gasteiger partial charge in [0.05, 0.1) is 17.7 Å². The Morgan fingerprint density at radius 2 is 1.70 bits per heavy atom. The number of carbonyl (C=O) groups is 1. The van der Waals surface area contributed by atoms with Crippen LogP contribution in [-0.2, 0) is 10.2 Å². The Kier molecular flexibility index (Phi) is 5.13. The van der Waals surface area contributed by atoms with Crippen molar-refractivity contribution in [1.82, 2.24) is 4.90 Å². The van der Waals surface area contributed by atoms with Crippen LogP contribution in [0.1, 0.15) is 25.3 Å². The van der Waals surface area contributed by atoms with Gasteiger partial charge in [0.25, 0.3) is 0 Å². The van der Waals surface area contributed by atoms with Crippen molar-refractivity contribution in [2.24, 2.45) is 0 Å². The van der Waals surface area contributed by atoms with Gasteiger partial charge in [-0.25, -0.2) is 0 Å². The third-order valence-electron chi connectivity index (χ3n) is 5.63. The first-order valence-corrected chi connectivity index (χ1v) is 10.5. The molecule has 27 heavy (non-hydrogen) atoms. The van der Waals surface area contributed by atoms with Crippen LogP contribution in [-0.4, -0.2) is 43.6 Å². The molecule has 1 heterocycles. The van der Waals surface area contributed by atoms with Crippen LogP contribution in [0.3, 0.4) is 0 Å². The molecule has 0 radical (unpaired) electrons. The van der Waals surface area contributed by atoms with E-state index >= 15 is 0 Å². The van der Waals surface area contributed by atoms with Gasteiger partial charge in [0.2, 0.25) is 5.91 Å². The lowest BCUT2D eigenvalue weighted by Gasteiger charge is -2.38. The fourth-order valence-corrected chi connectivity index (χ4v) is 4.23. The molecule has 0 bridgehead atoms. The third kappa shape index (κ3) is 3.57. The van der Waals surface area contributed by atoms with Crippen molar-refractivity contribution in [3.8, 4) is 5.75 Å². The van der Waals surface area contributed by atoms with E-state index in [1.165, 1.54) is 0 Å². The lowest BCUT2D eigenvalue weighted by atomic mass is 9.94. The zero-order valence-electron chi connectivity index (χ0n) is 15.7. The molecular formula is C22H25BrN2O2. The zero-order valence-corrected chi connectivity index (χ0v) is 17.2. The van der Waals surface area contributed by atoms with Crippen LogP contribution in [0.4, 0.5) is 5.69 Å². The van der Waals surface area contributed by atoms with E-state index in [-0.39, 0.29) is 5.41 Å². The molecule has 1 amide bonds. The lowest BCUT2D eigenvalue weighted by Crippen LogP contribution is -2.51. The smallest absolute Gasteiger partial charge is 0.233 e. The monoisotopic (exact) mass is 428 g/mol. The van der Waals surface area contributed by atoms with Gasteiger partial charge in [-0.1, -0.05) is 40.2 Å². The Hall–Kier alpha value is -2.01. The lowest BCUT2D eigenvalue weighted by molar-refractivity contribution is -0.134. The standard InChI is InChI=1S/C22H25BrN2O2/c1-2-27-20-6-4-3-5-19(20)24-13-15-25(16-14-24)21(26)22(11-12-22)17-7-9-18(23)10-8-17/h3-10H,2,11-16H2,1H3. The second kappa shape index (κ2) is 7.55. The fraction of sp³-hybridized carbons (Fsp3) is 0.409. The molecule has 0 aromatic heterocycles. The van der Waals surface area contributed by atoms with Crippen LogP contribution < -0.4 is 9.64 Å². The predicted molar refractivity (Wildman–Crippen MR) is 111 cm³/mol. The number of hydrogen-bond acceptors (Lipinski definition) is 3. The van der Waals surface area contributed by atoms with Gasteiger partial charge in [-0.05, 0) is 49.6 Å². The zero-order chi connectivity index (χ0) is 18.9. The molecule has 0 N–H and O–H groups in total.